The number of ether oxygens (including phenoxy) is 2. The van der Waals surface area contributed by atoms with E-state index in [0.29, 0.717) is 26.0 Å². The monoisotopic (exact) mass is 327 g/mol. The molecule has 1 N–H and O–H groups in total. The molecule has 0 atom stereocenters. The molecule has 2 rings (SSSR count). The Labute approximate surface area is 143 Å². The summed E-state index contributed by atoms with van der Waals surface area (Å²) in [6.45, 7) is 1.25. The van der Waals surface area contributed by atoms with Crippen molar-refractivity contribution in [1.82, 2.24) is 5.32 Å². The van der Waals surface area contributed by atoms with E-state index < -0.39 is 0 Å². The van der Waals surface area contributed by atoms with Crippen LogP contribution < -0.4 is 14.8 Å². The molecule has 0 aliphatic carbocycles. The third-order valence-corrected chi connectivity index (χ3v) is 3.68. The first-order valence-corrected chi connectivity index (χ1v) is 8.35. The Bertz CT molecular complexity index is 596. The first kappa shape index (κ1) is 17.9. The molecular weight excluding hydrogens is 302 g/mol. The fourth-order valence-corrected chi connectivity index (χ4v) is 2.35. The van der Waals surface area contributed by atoms with Crippen LogP contribution in [0.15, 0.2) is 54.6 Å². The highest BCUT2D eigenvalue weighted by Crippen LogP contribution is 2.17. The van der Waals surface area contributed by atoms with E-state index in [2.05, 4.69) is 17.4 Å². The molecule has 0 spiro atoms. The van der Waals surface area contributed by atoms with Crippen molar-refractivity contribution in [1.29, 1.82) is 0 Å². The van der Waals surface area contributed by atoms with Gasteiger partial charge in [-0.25, -0.2) is 0 Å². The van der Waals surface area contributed by atoms with Crippen LogP contribution in [0.3, 0.4) is 0 Å². The summed E-state index contributed by atoms with van der Waals surface area (Å²) in [4.78, 5) is 11.8. The van der Waals surface area contributed by atoms with Crippen LogP contribution in [0, 0.1) is 0 Å². The fourth-order valence-electron chi connectivity index (χ4n) is 2.35. The van der Waals surface area contributed by atoms with Gasteiger partial charge in [0.15, 0.2) is 0 Å². The average molecular weight is 327 g/mol. The molecule has 0 saturated carbocycles. The molecule has 128 valence electrons. The van der Waals surface area contributed by atoms with Gasteiger partial charge in [0.05, 0.1) is 13.7 Å². The lowest BCUT2D eigenvalue weighted by Gasteiger charge is -2.08. The lowest BCUT2D eigenvalue weighted by molar-refractivity contribution is -0.121. The van der Waals surface area contributed by atoms with E-state index in [-0.39, 0.29) is 5.91 Å². The second kappa shape index (κ2) is 10.3. The number of carbonyl (C=O) groups is 1. The zero-order valence-electron chi connectivity index (χ0n) is 14.2. The third kappa shape index (κ3) is 6.73. The molecule has 24 heavy (non-hydrogen) atoms. The maximum Gasteiger partial charge on any atom is 0.220 e. The summed E-state index contributed by atoms with van der Waals surface area (Å²) in [5.41, 5.74) is 1.31. The minimum atomic E-state index is 0.0846. The number of hydrogen-bond donors (Lipinski definition) is 1. The molecule has 0 aromatic heterocycles. The molecule has 4 nitrogen and oxygen atoms in total. The summed E-state index contributed by atoms with van der Waals surface area (Å²) < 4.78 is 10.7. The second-order valence-corrected chi connectivity index (χ2v) is 5.57. The van der Waals surface area contributed by atoms with Crippen LogP contribution in [0.5, 0.6) is 11.5 Å². The van der Waals surface area contributed by atoms with E-state index in [1.54, 1.807) is 7.11 Å². The van der Waals surface area contributed by atoms with Crippen molar-refractivity contribution in [3.8, 4) is 11.5 Å². The molecule has 0 unspecified atom stereocenters. The van der Waals surface area contributed by atoms with E-state index in [4.69, 9.17) is 9.47 Å². The van der Waals surface area contributed by atoms with E-state index in [9.17, 15) is 4.79 Å². The number of amides is 1. The zero-order chi connectivity index (χ0) is 17.0. The molecule has 2 aromatic rings. The van der Waals surface area contributed by atoms with Gasteiger partial charge in [0.2, 0.25) is 5.91 Å². The fraction of sp³-hybridized carbons (Fsp3) is 0.350. The highest BCUT2D eigenvalue weighted by molar-refractivity contribution is 5.75. The molecule has 0 radical (unpaired) electrons. The van der Waals surface area contributed by atoms with Gasteiger partial charge in [-0.2, -0.15) is 0 Å². The van der Waals surface area contributed by atoms with E-state index >= 15 is 0 Å². The SMILES string of the molecule is COc1ccc(OCCCC(=O)NCCCc2ccccc2)cc1. The van der Waals surface area contributed by atoms with Crippen molar-refractivity contribution < 1.29 is 14.3 Å². The van der Waals surface area contributed by atoms with Crippen LogP contribution in [-0.4, -0.2) is 26.2 Å². The summed E-state index contributed by atoms with van der Waals surface area (Å²) in [5, 5.41) is 2.96. The topological polar surface area (TPSA) is 47.6 Å². The van der Waals surface area contributed by atoms with E-state index in [0.717, 1.165) is 24.3 Å². The summed E-state index contributed by atoms with van der Waals surface area (Å²) >= 11 is 0. The molecule has 0 fully saturated rings. The highest BCUT2D eigenvalue weighted by atomic mass is 16.5. The van der Waals surface area contributed by atoms with Crippen LogP contribution >= 0.6 is 0 Å². The molecule has 4 heteroatoms. The molecule has 0 heterocycles. The van der Waals surface area contributed by atoms with Gasteiger partial charge in [0, 0.05) is 13.0 Å². The number of rotatable bonds is 10. The number of carbonyl (C=O) groups excluding carboxylic acids is 1. The predicted molar refractivity (Wildman–Crippen MR) is 95.5 cm³/mol. The van der Waals surface area contributed by atoms with Crippen molar-refractivity contribution >= 4 is 5.91 Å². The van der Waals surface area contributed by atoms with Gasteiger partial charge in [0.1, 0.15) is 11.5 Å². The van der Waals surface area contributed by atoms with Crippen LogP contribution in [0.1, 0.15) is 24.8 Å². The van der Waals surface area contributed by atoms with Gasteiger partial charge in [0.25, 0.3) is 0 Å². The molecule has 0 bridgehead atoms. The summed E-state index contributed by atoms with van der Waals surface area (Å²) in [5.74, 6) is 1.68. The summed E-state index contributed by atoms with van der Waals surface area (Å²) in [6.07, 6.45) is 3.14. The Morgan fingerprint density at radius 2 is 1.67 bits per heavy atom. The van der Waals surface area contributed by atoms with Gasteiger partial charge in [-0.15, -0.1) is 0 Å². The van der Waals surface area contributed by atoms with Crippen molar-refractivity contribution in [3.05, 3.63) is 60.2 Å². The quantitative estimate of drug-likeness (QED) is 0.678. The summed E-state index contributed by atoms with van der Waals surface area (Å²) in [7, 11) is 1.63. The standard InChI is InChI=1S/C20H25NO3/c1-23-18-11-13-19(14-12-18)24-16-6-10-20(22)21-15-5-9-17-7-3-2-4-8-17/h2-4,7-8,11-14H,5-6,9-10,15-16H2,1H3,(H,21,22). The number of aryl methyl sites for hydroxylation is 1. The van der Waals surface area contributed by atoms with Crippen LogP contribution in [0.2, 0.25) is 0 Å². The Hall–Kier alpha value is -2.49. The van der Waals surface area contributed by atoms with Crippen molar-refractivity contribution in [2.45, 2.75) is 25.7 Å². The Kier molecular flexibility index (Phi) is 7.68. The smallest absolute Gasteiger partial charge is 0.220 e. The summed E-state index contributed by atoms with van der Waals surface area (Å²) in [6, 6.07) is 17.7. The average Bonchev–Trinajstić information content (AvgIpc) is 2.64. The molecule has 0 saturated heterocycles. The van der Waals surface area contributed by atoms with Gasteiger partial charge >= 0.3 is 0 Å². The van der Waals surface area contributed by atoms with Crippen LogP contribution in [-0.2, 0) is 11.2 Å². The molecule has 2 aromatic carbocycles. The lowest BCUT2D eigenvalue weighted by Crippen LogP contribution is -2.24. The molecule has 1 amide bonds. The number of nitrogens with one attached hydrogen (secondary N) is 1. The number of hydrogen-bond acceptors (Lipinski definition) is 3. The van der Waals surface area contributed by atoms with Crippen molar-refractivity contribution in [2.75, 3.05) is 20.3 Å². The molecule has 0 aliphatic rings. The Morgan fingerprint density at radius 1 is 0.958 bits per heavy atom. The number of benzene rings is 2. The molecule has 0 aliphatic heterocycles. The first-order chi connectivity index (χ1) is 11.8. The van der Waals surface area contributed by atoms with Crippen LogP contribution in [0.4, 0.5) is 0 Å². The predicted octanol–water partition coefficient (Wildman–Crippen LogP) is 3.60. The zero-order valence-corrected chi connectivity index (χ0v) is 14.2. The Morgan fingerprint density at radius 3 is 2.38 bits per heavy atom. The minimum absolute atomic E-state index is 0.0846. The second-order valence-electron chi connectivity index (χ2n) is 5.57. The third-order valence-electron chi connectivity index (χ3n) is 3.68. The van der Waals surface area contributed by atoms with E-state index in [1.165, 1.54) is 5.56 Å². The maximum absolute atomic E-state index is 11.8. The lowest BCUT2D eigenvalue weighted by atomic mass is 10.1. The maximum atomic E-state index is 11.8. The first-order valence-electron chi connectivity index (χ1n) is 8.35. The highest BCUT2D eigenvalue weighted by Gasteiger charge is 2.02. The van der Waals surface area contributed by atoms with Gasteiger partial charge in [-0.1, -0.05) is 30.3 Å². The Balaban J connectivity index is 1.51. The van der Waals surface area contributed by atoms with Gasteiger partial charge in [-0.05, 0) is 49.1 Å². The van der Waals surface area contributed by atoms with Gasteiger partial charge in [-0.3, -0.25) is 4.79 Å². The normalized spacial score (nSPS) is 10.2. The van der Waals surface area contributed by atoms with Gasteiger partial charge < -0.3 is 14.8 Å². The minimum Gasteiger partial charge on any atom is -0.497 e. The largest absolute Gasteiger partial charge is 0.497 e. The van der Waals surface area contributed by atoms with Crippen LogP contribution in [0.25, 0.3) is 0 Å². The van der Waals surface area contributed by atoms with E-state index in [1.807, 2.05) is 42.5 Å². The number of methoxy groups -OCH3 is 1. The van der Waals surface area contributed by atoms with Crippen molar-refractivity contribution in [2.24, 2.45) is 0 Å². The molecular formula is C20H25NO3. The van der Waals surface area contributed by atoms with Crippen molar-refractivity contribution in [3.63, 3.8) is 0 Å².